The molecular weight excluding hydrogens is 226 g/mol. The quantitative estimate of drug-likeness (QED) is 0.849. The maximum atomic E-state index is 12.2. The summed E-state index contributed by atoms with van der Waals surface area (Å²) in [5.41, 5.74) is 6.61. The number of carbonyl (C=O) groups excluding carboxylic acids is 1. The molecule has 1 aliphatic rings. The van der Waals surface area contributed by atoms with Crippen LogP contribution < -0.4 is 11.1 Å². The summed E-state index contributed by atoms with van der Waals surface area (Å²) in [6.45, 7) is 2.57. The van der Waals surface area contributed by atoms with E-state index in [4.69, 9.17) is 5.73 Å². The van der Waals surface area contributed by atoms with Gasteiger partial charge in [-0.3, -0.25) is 9.78 Å². The van der Waals surface area contributed by atoms with Crippen LogP contribution in [0.1, 0.15) is 37.9 Å². The molecule has 98 valence electrons. The van der Waals surface area contributed by atoms with Crippen molar-refractivity contribution in [2.45, 2.75) is 32.2 Å². The third-order valence-corrected chi connectivity index (χ3v) is 3.79. The lowest BCUT2D eigenvalue weighted by Gasteiger charge is -2.20. The van der Waals surface area contributed by atoms with Crippen molar-refractivity contribution in [1.82, 2.24) is 10.3 Å². The molecule has 1 heterocycles. The van der Waals surface area contributed by atoms with E-state index in [1.807, 2.05) is 25.1 Å². The monoisotopic (exact) mass is 247 g/mol. The lowest BCUT2D eigenvalue weighted by Crippen LogP contribution is -2.36. The number of nitrogens with zero attached hydrogens (tertiary/aromatic N) is 1. The van der Waals surface area contributed by atoms with Gasteiger partial charge in [-0.25, -0.2) is 0 Å². The van der Waals surface area contributed by atoms with Crippen LogP contribution in [0, 0.1) is 11.8 Å². The first-order valence-corrected chi connectivity index (χ1v) is 6.63. The number of nitrogens with two attached hydrogens (primary N) is 1. The molecule has 1 aromatic heterocycles. The number of pyridine rings is 1. The molecule has 0 bridgehead atoms. The van der Waals surface area contributed by atoms with E-state index in [0.717, 1.165) is 25.0 Å². The number of aromatic nitrogens is 1. The largest absolute Gasteiger partial charge is 0.348 e. The molecule has 0 spiro atoms. The van der Waals surface area contributed by atoms with Gasteiger partial charge in [-0.1, -0.05) is 12.5 Å². The zero-order valence-electron chi connectivity index (χ0n) is 10.8. The highest BCUT2D eigenvalue weighted by molar-refractivity contribution is 5.79. The molecule has 1 aliphatic carbocycles. The Morgan fingerprint density at radius 3 is 3.06 bits per heavy atom. The second kappa shape index (κ2) is 5.96. The van der Waals surface area contributed by atoms with Gasteiger partial charge in [-0.15, -0.1) is 0 Å². The molecule has 18 heavy (non-hydrogen) atoms. The Morgan fingerprint density at radius 2 is 2.39 bits per heavy atom. The fourth-order valence-corrected chi connectivity index (χ4v) is 2.69. The molecule has 0 radical (unpaired) electrons. The van der Waals surface area contributed by atoms with Crippen LogP contribution in [-0.4, -0.2) is 17.4 Å². The maximum Gasteiger partial charge on any atom is 0.223 e. The van der Waals surface area contributed by atoms with Crippen LogP contribution in [0.2, 0.25) is 0 Å². The van der Waals surface area contributed by atoms with Crippen molar-refractivity contribution in [3.8, 4) is 0 Å². The van der Waals surface area contributed by atoms with Gasteiger partial charge in [-0.05, 0) is 44.4 Å². The van der Waals surface area contributed by atoms with Gasteiger partial charge >= 0.3 is 0 Å². The Balaban J connectivity index is 1.95. The zero-order chi connectivity index (χ0) is 13.0. The first-order valence-electron chi connectivity index (χ1n) is 6.63. The Bertz CT molecular complexity index is 393. The molecule has 2 unspecified atom stereocenters. The SMILES string of the molecule is C[C@@H](NC(=O)C1CCCC1CN)c1ccccn1. The topological polar surface area (TPSA) is 68.0 Å². The normalized spacial score (nSPS) is 24.8. The van der Waals surface area contributed by atoms with E-state index in [2.05, 4.69) is 10.3 Å². The van der Waals surface area contributed by atoms with Crippen molar-refractivity contribution in [1.29, 1.82) is 0 Å². The number of hydrogen-bond donors (Lipinski definition) is 2. The Kier molecular flexibility index (Phi) is 4.31. The summed E-state index contributed by atoms with van der Waals surface area (Å²) < 4.78 is 0. The molecule has 3 N–H and O–H groups in total. The fraction of sp³-hybridized carbons (Fsp3) is 0.571. The first-order chi connectivity index (χ1) is 8.72. The van der Waals surface area contributed by atoms with E-state index in [0.29, 0.717) is 12.5 Å². The minimum Gasteiger partial charge on any atom is -0.348 e. The third-order valence-electron chi connectivity index (χ3n) is 3.79. The maximum absolute atomic E-state index is 12.2. The number of nitrogens with one attached hydrogen (secondary N) is 1. The van der Waals surface area contributed by atoms with Crippen LogP contribution in [0.25, 0.3) is 0 Å². The van der Waals surface area contributed by atoms with Crippen molar-refractivity contribution in [2.24, 2.45) is 17.6 Å². The molecule has 4 heteroatoms. The van der Waals surface area contributed by atoms with E-state index in [-0.39, 0.29) is 17.9 Å². The van der Waals surface area contributed by atoms with E-state index in [9.17, 15) is 4.79 Å². The molecule has 0 aromatic carbocycles. The molecule has 0 aliphatic heterocycles. The van der Waals surface area contributed by atoms with Gasteiger partial charge in [0.2, 0.25) is 5.91 Å². The van der Waals surface area contributed by atoms with Gasteiger partial charge in [0, 0.05) is 12.1 Å². The summed E-state index contributed by atoms with van der Waals surface area (Å²) in [4.78, 5) is 16.5. The molecule has 0 saturated heterocycles. The number of rotatable bonds is 4. The number of hydrogen-bond acceptors (Lipinski definition) is 3. The third kappa shape index (κ3) is 2.88. The highest BCUT2D eigenvalue weighted by Crippen LogP contribution is 2.31. The van der Waals surface area contributed by atoms with Gasteiger partial charge in [0.25, 0.3) is 0 Å². The van der Waals surface area contributed by atoms with E-state index in [1.54, 1.807) is 6.20 Å². The van der Waals surface area contributed by atoms with Gasteiger partial charge in [-0.2, -0.15) is 0 Å². The Labute approximate surface area is 108 Å². The molecule has 1 saturated carbocycles. The average molecular weight is 247 g/mol. The zero-order valence-corrected chi connectivity index (χ0v) is 10.8. The van der Waals surface area contributed by atoms with Crippen LogP contribution in [0.3, 0.4) is 0 Å². The summed E-state index contributed by atoms with van der Waals surface area (Å²) in [6.07, 6.45) is 4.89. The highest BCUT2D eigenvalue weighted by atomic mass is 16.2. The van der Waals surface area contributed by atoms with Crippen molar-refractivity contribution >= 4 is 5.91 Å². The van der Waals surface area contributed by atoms with Gasteiger partial charge < -0.3 is 11.1 Å². The Morgan fingerprint density at radius 1 is 1.56 bits per heavy atom. The van der Waals surface area contributed by atoms with E-state index >= 15 is 0 Å². The molecule has 3 atom stereocenters. The smallest absolute Gasteiger partial charge is 0.223 e. The van der Waals surface area contributed by atoms with Crippen molar-refractivity contribution in [3.63, 3.8) is 0 Å². The van der Waals surface area contributed by atoms with E-state index in [1.165, 1.54) is 0 Å². The van der Waals surface area contributed by atoms with Gasteiger partial charge in [0.15, 0.2) is 0 Å². The second-order valence-electron chi connectivity index (χ2n) is 5.02. The predicted octanol–water partition coefficient (Wildman–Crippen LogP) is 1.63. The standard InChI is InChI=1S/C14H21N3O/c1-10(13-7-2-3-8-16-13)17-14(18)12-6-4-5-11(12)9-15/h2-3,7-8,10-12H,4-6,9,15H2,1H3,(H,17,18)/t10-,11?,12?/m1/s1. The minimum atomic E-state index is -0.0438. The minimum absolute atomic E-state index is 0.0438. The lowest BCUT2D eigenvalue weighted by atomic mass is 9.95. The van der Waals surface area contributed by atoms with Gasteiger partial charge in [0.1, 0.15) is 0 Å². The molecule has 1 amide bonds. The van der Waals surface area contributed by atoms with Crippen molar-refractivity contribution in [3.05, 3.63) is 30.1 Å². The average Bonchev–Trinajstić information content (AvgIpc) is 2.88. The fourth-order valence-electron chi connectivity index (χ4n) is 2.69. The van der Waals surface area contributed by atoms with Crippen LogP contribution in [0.5, 0.6) is 0 Å². The highest BCUT2D eigenvalue weighted by Gasteiger charge is 2.32. The summed E-state index contributed by atoms with van der Waals surface area (Å²) >= 11 is 0. The van der Waals surface area contributed by atoms with Crippen LogP contribution in [-0.2, 0) is 4.79 Å². The molecule has 1 fully saturated rings. The van der Waals surface area contributed by atoms with Crippen LogP contribution in [0.15, 0.2) is 24.4 Å². The number of carbonyl (C=O) groups is 1. The Hall–Kier alpha value is -1.42. The number of amides is 1. The first kappa shape index (κ1) is 13.0. The second-order valence-corrected chi connectivity index (χ2v) is 5.02. The molecule has 2 rings (SSSR count). The summed E-state index contributed by atoms with van der Waals surface area (Å²) in [6, 6.07) is 5.70. The van der Waals surface area contributed by atoms with Crippen molar-refractivity contribution in [2.75, 3.05) is 6.54 Å². The summed E-state index contributed by atoms with van der Waals surface area (Å²) in [7, 11) is 0. The van der Waals surface area contributed by atoms with Crippen LogP contribution in [0.4, 0.5) is 0 Å². The predicted molar refractivity (Wildman–Crippen MR) is 70.7 cm³/mol. The summed E-state index contributed by atoms with van der Waals surface area (Å²) in [5, 5.41) is 3.05. The van der Waals surface area contributed by atoms with Crippen molar-refractivity contribution < 1.29 is 4.79 Å². The summed E-state index contributed by atoms with van der Waals surface area (Å²) in [5.74, 6) is 0.559. The molecule has 4 nitrogen and oxygen atoms in total. The van der Waals surface area contributed by atoms with Crippen LogP contribution >= 0.6 is 0 Å². The van der Waals surface area contributed by atoms with E-state index < -0.39 is 0 Å². The lowest BCUT2D eigenvalue weighted by molar-refractivity contribution is -0.126. The molecular formula is C14H21N3O. The molecule has 1 aromatic rings. The van der Waals surface area contributed by atoms with Gasteiger partial charge in [0.05, 0.1) is 11.7 Å².